The highest BCUT2D eigenvalue weighted by molar-refractivity contribution is 6.08. The van der Waals surface area contributed by atoms with E-state index in [1.807, 2.05) is 4.90 Å². The van der Waals surface area contributed by atoms with Crippen LogP contribution in [0.3, 0.4) is 0 Å². The highest BCUT2D eigenvalue weighted by Gasteiger charge is 2.27. The van der Waals surface area contributed by atoms with Gasteiger partial charge in [-0.2, -0.15) is 5.26 Å². The predicted molar refractivity (Wildman–Crippen MR) is 140 cm³/mol. The van der Waals surface area contributed by atoms with Crippen LogP contribution in [0.1, 0.15) is 39.1 Å². The zero-order valence-corrected chi connectivity index (χ0v) is 21.7. The number of anilines is 2. The summed E-state index contributed by atoms with van der Waals surface area (Å²) in [6.07, 6.45) is 2.19. The molecule has 0 bridgehead atoms. The Balaban J connectivity index is 1.63. The molecule has 2 aromatic carbocycles. The number of aromatic nitrogens is 1. The minimum absolute atomic E-state index is 0.0217. The summed E-state index contributed by atoms with van der Waals surface area (Å²) in [4.78, 5) is 33.4. The second-order valence-electron chi connectivity index (χ2n) is 9.12. The Morgan fingerprint density at radius 3 is 2.51 bits per heavy atom. The van der Waals surface area contributed by atoms with E-state index in [0.29, 0.717) is 37.3 Å². The molecule has 1 aliphatic heterocycles. The number of benzene rings is 2. The first-order valence-corrected chi connectivity index (χ1v) is 12.2. The maximum atomic E-state index is 14.1. The van der Waals surface area contributed by atoms with E-state index in [0.717, 1.165) is 12.1 Å². The van der Waals surface area contributed by atoms with Crippen LogP contribution < -0.4 is 19.7 Å². The lowest BCUT2D eigenvalue weighted by Gasteiger charge is -2.35. The molecule has 0 radical (unpaired) electrons. The van der Waals surface area contributed by atoms with E-state index in [4.69, 9.17) is 9.47 Å². The third-order valence-corrected chi connectivity index (χ3v) is 6.32. The topological polar surface area (TPSA) is 108 Å². The van der Waals surface area contributed by atoms with Crippen molar-refractivity contribution in [3.63, 3.8) is 0 Å². The fourth-order valence-electron chi connectivity index (χ4n) is 4.34. The molecule has 202 valence electrons. The van der Waals surface area contributed by atoms with Crippen molar-refractivity contribution < 1.29 is 27.8 Å². The van der Waals surface area contributed by atoms with Crippen LogP contribution in [0.5, 0.6) is 11.6 Å². The average Bonchev–Trinajstić information content (AvgIpc) is 2.94. The maximum Gasteiger partial charge on any atom is 0.261 e. The number of hydrogen-bond acceptors (Lipinski definition) is 7. The number of nitrogens with zero attached hydrogens (tertiary/aromatic N) is 4. The largest absolute Gasteiger partial charge is 0.487 e. The van der Waals surface area contributed by atoms with Crippen molar-refractivity contribution in [2.24, 2.45) is 0 Å². The monoisotopic (exact) mass is 535 g/mol. The van der Waals surface area contributed by atoms with Crippen LogP contribution in [0.15, 0.2) is 48.7 Å². The van der Waals surface area contributed by atoms with Crippen molar-refractivity contribution in [1.29, 1.82) is 5.26 Å². The Morgan fingerprint density at radius 1 is 1.13 bits per heavy atom. The molecule has 1 N–H and O–H groups in total. The van der Waals surface area contributed by atoms with Gasteiger partial charge in [0.1, 0.15) is 23.6 Å². The molecule has 2 amide bonds. The number of carbonyl (C=O) groups is 2. The number of pyridine rings is 1. The average molecular weight is 536 g/mol. The zero-order valence-electron chi connectivity index (χ0n) is 21.7. The Labute approximate surface area is 224 Å². The van der Waals surface area contributed by atoms with Gasteiger partial charge in [0, 0.05) is 52.3 Å². The zero-order chi connectivity index (χ0) is 28.1. The van der Waals surface area contributed by atoms with Crippen molar-refractivity contribution in [2.75, 3.05) is 44.5 Å². The van der Waals surface area contributed by atoms with Crippen LogP contribution in [0.4, 0.5) is 20.2 Å². The van der Waals surface area contributed by atoms with Gasteiger partial charge >= 0.3 is 0 Å². The van der Waals surface area contributed by atoms with E-state index in [-0.39, 0.29) is 40.3 Å². The number of ether oxygens (including phenoxy) is 2. The lowest BCUT2D eigenvalue weighted by atomic mass is 10.0. The fraction of sp³-hybridized carbons (Fsp3) is 0.286. The van der Waals surface area contributed by atoms with E-state index < -0.39 is 17.5 Å². The molecule has 4 rings (SSSR count). The van der Waals surface area contributed by atoms with Crippen LogP contribution >= 0.6 is 0 Å². The first-order chi connectivity index (χ1) is 18.7. The predicted octanol–water partition coefficient (Wildman–Crippen LogP) is 4.24. The summed E-state index contributed by atoms with van der Waals surface area (Å²) in [6, 6.07) is 11.5. The number of rotatable bonds is 7. The van der Waals surface area contributed by atoms with Crippen LogP contribution in [0.25, 0.3) is 0 Å². The molecule has 0 aliphatic carbocycles. The summed E-state index contributed by atoms with van der Waals surface area (Å²) >= 11 is 0. The second kappa shape index (κ2) is 11.8. The Morgan fingerprint density at radius 2 is 1.87 bits per heavy atom. The van der Waals surface area contributed by atoms with Gasteiger partial charge in [-0.25, -0.2) is 13.8 Å². The molecule has 39 heavy (non-hydrogen) atoms. The van der Waals surface area contributed by atoms with Gasteiger partial charge in [0.15, 0.2) is 11.6 Å². The Bertz CT molecular complexity index is 1430. The number of nitriles is 1. The molecular formula is C28H27F2N5O4. The van der Waals surface area contributed by atoms with Gasteiger partial charge in [-0.05, 0) is 36.4 Å². The van der Waals surface area contributed by atoms with Gasteiger partial charge in [0.05, 0.1) is 29.6 Å². The minimum atomic E-state index is -0.770. The quantitative estimate of drug-likeness (QED) is 0.482. The highest BCUT2D eigenvalue weighted by atomic mass is 19.1. The SMILES string of the molecule is COc1ncccc1C(=O)Nc1cc(C(=O)N(C)C)c(C#N)cc1N1CCC(Oc2ccc(F)cc2F)CC1. The summed E-state index contributed by atoms with van der Waals surface area (Å²) in [7, 11) is 4.56. The van der Waals surface area contributed by atoms with Crippen LogP contribution in [-0.4, -0.2) is 62.1 Å². The number of methoxy groups -OCH3 is 1. The van der Waals surface area contributed by atoms with Crippen molar-refractivity contribution in [2.45, 2.75) is 18.9 Å². The molecule has 11 heteroatoms. The van der Waals surface area contributed by atoms with E-state index in [2.05, 4.69) is 16.4 Å². The smallest absolute Gasteiger partial charge is 0.261 e. The number of halogens is 2. The molecule has 0 atom stereocenters. The van der Waals surface area contributed by atoms with Gasteiger partial charge in [0.2, 0.25) is 5.88 Å². The highest BCUT2D eigenvalue weighted by Crippen LogP contribution is 2.34. The summed E-state index contributed by atoms with van der Waals surface area (Å²) in [6.45, 7) is 0.914. The number of carbonyl (C=O) groups excluding carboxylic acids is 2. The van der Waals surface area contributed by atoms with E-state index >= 15 is 0 Å². The van der Waals surface area contributed by atoms with E-state index in [1.54, 1.807) is 32.3 Å². The normalized spacial score (nSPS) is 13.4. The molecule has 0 unspecified atom stereocenters. The van der Waals surface area contributed by atoms with Crippen molar-refractivity contribution >= 4 is 23.2 Å². The third kappa shape index (κ3) is 6.06. The first-order valence-electron chi connectivity index (χ1n) is 12.2. The molecule has 9 nitrogen and oxygen atoms in total. The standard InChI is InChI=1S/C28H27F2N5O4/c1-34(2)28(37)21-15-23(33-26(36)20-5-4-10-32-27(20)38-3)24(13-17(21)16-31)35-11-8-19(9-12-35)39-25-7-6-18(29)14-22(25)30/h4-7,10,13-15,19H,8-9,11-12H2,1-3H3,(H,33,36). The van der Waals surface area contributed by atoms with Crippen molar-refractivity contribution in [1.82, 2.24) is 9.88 Å². The molecule has 1 aliphatic rings. The second-order valence-corrected chi connectivity index (χ2v) is 9.12. The molecule has 0 saturated carbocycles. The van der Waals surface area contributed by atoms with Crippen LogP contribution in [0, 0.1) is 23.0 Å². The minimum Gasteiger partial charge on any atom is -0.487 e. The lowest BCUT2D eigenvalue weighted by molar-refractivity contribution is 0.0827. The first kappa shape index (κ1) is 27.3. The molecule has 1 saturated heterocycles. The molecule has 1 fully saturated rings. The summed E-state index contributed by atoms with van der Waals surface area (Å²) < 4.78 is 38.3. The molecule has 3 aromatic rings. The van der Waals surface area contributed by atoms with Gasteiger partial charge in [-0.3, -0.25) is 9.59 Å². The number of piperidine rings is 1. The van der Waals surface area contributed by atoms with Gasteiger partial charge in [-0.15, -0.1) is 0 Å². The van der Waals surface area contributed by atoms with Crippen LogP contribution in [-0.2, 0) is 0 Å². The van der Waals surface area contributed by atoms with Crippen molar-refractivity contribution in [3.8, 4) is 17.7 Å². The summed E-state index contributed by atoms with van der Waals surface area (Å²) in [5, 5.41) is 12.7. The van der Waals surface area contributed by atoms with Gasteiger partial charge in [0.25, 0.3) is 11.8 Å². The number of hydrogen-bond donors (Lipinski definition) is 1. The molecule has 2 heterocycles. The third-order valence-electron chi connectivity index (χ3n) is 6.32. The van der Waals surface area contributed by atoms with Gasteiger partial charge < -0.3 is 24.6 Å². The molecular weight excluding hydrogens is 508 g/mol. The van der Waals surface area contributed by atoms with Crippen LogP contribution in [0.2, 0.25) is 0 Å². The Hall–Kier alpha value is -4.72. The lowest BCUT2D eigenvalue weighted by Crippen LogP contribution is -2.39. The molecule has 0 spiro atoms. The van der Waals surface area contributed by atoms with Crippen molar-refractivity contribution in [3.05, 3.63) is 77.0 Å². The number of amides is 2. The summed E-state index contributed by atoms with van der Waals surface area (Å²) in [5.41, 5.74) is 1.38. The number of nitrogens with one attached hydrogen (secondary N) is 1. The Kier molecular flexibility index (Phi) is 8.24. The van der Waals surface area contributed by atoms with E-state index in [1.165, 1.54) is 30.3 Å². The van der Waals surface area contributed by atoms with E-state index in [9.17, 15) is 23.6 Å². The van der Waals surface area contributed by atoms with Gasteiger partial charge in [-0.1, -0.05) is 0 Å². The molecule has 1 aromatic heterocycles. The fourth-order valence-corrected chi connectivity index (χ4v) is 4.34. The summed E-state index contributed by atoms with van der Waals surface area (Å²) in [5.74, 6) is -2.22. The maximum absolute atomic E-state index is 14.1.